The Morgan fingerprint density at radius 3 is 2.25 bits per heavy atom. The summed E-state index contributed by atoms with van der Waals surface area (Å²) in [5.74, 6) is -0.596. The molecule has 132 valence electrons. The SMILES string of the molecule is COc1ccc(CC(C)C(=O)NC2(C(=O)O)CCCCCC2)cc1. The van der Waals surface area contributed by atoms with E-state index < -0.39 is 11.5 Å². The van der Waals surface area contributed by atoms with E-state index in [1.54, 1.807) is 7.11 Å². The molecule has 1 aromatic rings. The zero-order valence-corrected chi connectivity index (χ0v) is 14.5. The zero-order chi connectivity index (χ0) is 17.6. The number of benzene rings is 1. The Kier molecular flexibility index (Phi) is 6.23. The van der Waals surface area contributed by atoms with E-state index in [-0.39, 0.29) is 11.8 Å². The van der Waals surface area contributed by atoms with E-state index in [2.05, 4.69) is 5.32 Å². The normalized spacial score (nSPS) is 18.2. The molecule has 0 bridgehead atoms. The van der Waals surface area contributed by atoms with Crippen molar-refractivity contribution in [1.29, 1.82) is 0 Å². The molecule has 1 saturated carbocycles. The Morgan fingerprint density at radius 2 is 1.75 bits per heavy atom. The summed E-state index contributed by atoms with van der Waals surface area (Å²) in [6.07, 6.45) is 5.37. The summed E-state index contributed by atoms with van der Waals surface area (Å²) in [7, 11) is 1.61. The van der Waals surface area contributed by atoms with Crippen molar-refractivity contribution < 1.29 is 19.4 Å². The molecule has 2 rings (SSSR count). The van der Waals surface area contributed by atoms with Crippen LogP contribution >= 0.6 is 0 Å². The third-order valence-corrected chi connectivity index (χ3v) is 4.88. The van der Waals surface area contributed by atoms with Crippen LogP contribution in [0.1, 0.15) is 51.0 Å². The number of carboxylic acids is 1. The summed E-state index contributed by atoms with van der Waals surface area (Å²) in [4.78, 5) is 24.3. The van der Waals surface area contributed by atoms with Gasteiger partial charge in [0.05, 0.1) is 7.11 Å². The van der Waals surface area contributed by atoms with Crippen molar-refractivity contribution in [1.82, 2.24) is 5.32 Å². The Balaban J connectivity index is 2.01. The van der Waals surface area contributed by atoms with Crippen molar-refractivity contribution >= 4 is 11.9 Å². The first kappa shape index (κ1) is 18.3. The van der Waals surface area contributed by atoms with Crippen LogP contribution in [0.5, 0.6) is 5.75 Å². The summed E-state index contributed by atoms with van der Waals surface area (Å²) in [5.41, 5.74) is -0.0643. The van der Waals surface area contributed by atoms with Crippen LogP contribution in [0.25, 0.3) is 0 Å². The molecule has 0 saturated heterocycles. The molecule has 2 N–H and O–H groups in total. The van der Waals surface area contributed by atoms with Gasteiger partial charge in [0.1, 0.15) is 11.3 Å². The van der Waals surface area contributed by atoms with Gasteiger partial charge in [0, 0.05) is 5.92 Å². The highest BCUT2D eigenvalue weighted by Crippen LogP contribution is 2.28. The van der Waals surface area contributed by atoms with Crippen molar-refractivity contribution in [3.05, 3.63) is 29.8 Å². The second-order valence-corrected chi connectivity index (χ2v) is 6.74. The minimum absolute atomic E-state index is 0.185. The highest BCUT2D eigenvalue weighted by atomic mass is 16.5. The van der Waals surface area contributed by atoms with E-state index in [9.17, 15) is 14.7 Å². The van der Waals surface area contributed by atoms with Gasteiger partial charge in [-0.15, -0.1) is 0 Å². The first-order chi connectivity index (χ1) is 11.5. The molecule has 1 amide bonds. The van der Waals surface area contributed by atoms with Gasteiger partial charge in [-0.1, -0.05) is 44.7 Å². The first-order valence-corrected chi connectivity index (χ1v) is 8.65. The number of hydrogen-bond acceptors (Lipinski definition) is 3. The van der Waals surface area contributed by atoms with Crippen molar-refractivity contribution in [3.8, 4) is 5.75 Å². The maximum Gasteiger partial charge on any atom is 0.329 e. The van der Waals surface area contributed by atoms with Gasteiger partial charge in [0.2, 0.25) is 5.91 Å². The molecule has 1 aliphatic rings. The number of carbonyl (C=O) groups is 2. The van der Waals surface area contributed by atoms with Crippen molar-refractivity contribution in [3.63, 3.8) is 0 Å². The van der Waals surface area contributed by atoms with E-state index >= 15 is 0 Å². The van der Waals surface area contributed by atoms with Gasteiger partial charge in [-0.2, -0.15) is 0 Å². The van der Waals surface area contributed by atoms with E-state index in [0.29, 0.717) is 19.3 Å². The van der Waals surface area contributed by atoms with Crippen molar-refractivity contribution in [2.24, 2.45) is 5.92 Å². The molecule has 0 aliphatic heterocycles. The Labute approximate surface area is 143 Å². The average molecular weight is 333 g/mol. The molecule has 1 aliphatic carbocycles. The Morgan fingerprint density at radius 1 is 1.17 bits per heavy atom. The Hall–Kier alpha value is -2.04. The van der Waals surface area contributed by atoms with Gasteiger partial charge in [0.25, 0.3) is 0 Å². The molecule has 0 aromatic heterocycles. The number of hydrogen-bond donors (Lipinski definition) is 2. The number of ether oxygens (including phenoxy) is 1. The largest absolute Gasteiger partial charge is 0.497 e. The van der Waals surface area contributed by atoms with E-state index in [1.165, 1.54) is 0 Å². The third kappa shape index (κ3) is 4.49. The molecule has 0 heterocycles. The van der Waals surface area contributed by atoms with Crippen LogP contribution in [0.2, 0.25) is 0 Å². The van der Waals surface area contributed by atoms with E-state index in [0.717, 1.165) is 37.0 Å². The molecule has 24 heavy (non-hydrogen) atoms. The van der Waals surface area contributed by atoms with Gasteiger partial charge in [-0.05, 0) is 37.0 Å². The van der Waals surface area contributed by atoms with Gasteiger partial charge < -0.3 is 15.2 Å². The van der Waals surface area contributed by atoms with Gasteiger partial charge in [-0.3, -0.25) is 4.79 Å². The lowest BCUT2D eigenvalue weighted by Crippen LogP contribution is -2.55. The minimum Gasteiger partial charge on any atom is -0.497 e. The number of rotatable bonds is 6. The quantitative estimate of drug-likeness (QED) is 0.784. The molecule has 1 fully saturated rings. The van der Waals surface area contributed by atoms with E-state index in [1.807, 2.05) is 31.2 Å². The van der Waals surface area contributed by atoms with Crippen LogP contribution in [-0.2, 0) is 16.0 Å². The fourth-order valence-electron chi connectivity index (χ4n) is 3.29. The number of carboxylic acid groups (broad SMARTS) is 1. The molecule has 1 unspecified atom stereocenters. The third-order valence-electron chi connectivity index (χ3n) is 4.88. The van der Waals surface area contributed by atoms with Crippen LogP contribution in [0.15, 0.2) is 24.3 Å². The molecule has 1 aromatic carbocycles. The van der Waals surface area contributed by atoms with Gasteiger partial charge in [-0.25, -0.2) is 4.79 Å². The van der Waals surface area contributed by atoms with Crippen LogP contribution in [0.3, 0.4) is 0 Å². The van der Waals surface area contributed by atoms with Crippen LogP contribution in [0, 0.1) is 5.92 Å². The lowest BCUT2D eigenvalue weighted by molar-refractivity contribution is -0.149. The fourth-order valence-corrected chi connectivity index (χ4v) is 3.29. The molecular formula is C19H27NO4. The van der Waals surface area contributed by atoms with E-state index in [4.69, 9.17) is 4.74 Å². The predicted octanol–water partition coefficient (Wildman–Crippen LogP) is 3.17. The number of carbonyl (C=O) groups excluding carboxylic acids is 1. The van der Waals surface area contributed by atoms with Crippen LogP contribution in [-0.4, -0.2) is 29.6 Å². The second kappa shape index (κ2) is 8.18. The number of methoxy groups -OCH3 is 1. The highest BCUT2D eigenvalue weighted by Gasteiger charge is 2.40. The standard InChI is InChI=1S/C19H27NO4/c1-14(13-15-7-9-16(24-2)10-8-15)17(21)20-19(18(22)23)11-5-3-4-6-12-19/h7-10,14H,3-6,11-13H2,1-2H3,(H,20,21)(H,22,23). The maximum absolute atomic E-state index is 12.6. The summed E-state index contributed by atoms with van der Waals surface area (Å²) in [6.45, 7) is 1.84. The second-order valence-electron chi connectivity index (χ2n) is 6.74. The van der Waals surface area contributed by atoms with Gasteiger partial charge in [0.15, 0.2) is 0 Å². The minimum atomic E-state index is -1.10. The first-order valence-electron chi connectivity index (χ1n) is 8.65. The maximum atomic E-state index is 12.6. The lowest BCUT2D eigenvalue weighted by Gasteiger charge is -2.30. The fraction of sp³-hybridized carbons (Fsp3) is 0.579. The van der Waals surface area contributed by atoms with Crippen molar-refractivity contribution in [2.45, 2.75) is 57.4 Å². The summed E-state index contributed by atoms with van der Waals surface area (Å²) in [5, 5.41) is 12.5. The van der Waals surface area contributed by atoms with Crippen molar-refractivity contribution in [2.75, 3.05) is 7.11 Å². The summed E-state index contributed by atoms with van der Waals surface area (Å²) >= 11 is 0. The molecule has 0 radical (unpaired) electrons. The lowest BCUT2D eigenvalue weighted by atomic mass is 9.89. The zero-order valence-electron chi connectivity index (χ0n) is 14.5. The number of nitrogens with one attached hydrogen (secondary N) is 1. The molecule has 0 spiro atoms. The summed E-state index contributed by atoms with van der Waals surface area (Å²) < 4.78 is 5.13. The number of amides is 1. The Bertz CT molecular complexity index is 559. The molecular weight excluding hydrogens is 306 g/mol. The smallest absolute Gasteiger partial charge is 0.329 e. The average Bonchev–Trinajstić information content (AvgIpc) is 2.82. The topological polar surface area (TPSA) is 75.6 Å². The number of aliphatic carboxylic acids is 1. The van der Waals surface area contributed by atoms with Gasteiger partial charge >= 0.3 is 5.97 Å². The summed E-state index contributed by atoms with van der Waals surface area (Å²) in [6, 6.07) is 7.59. The predicted molar refractivity (Wildman–Crippen MR) is 92.1 cm³/mol. The molecule has 1 atom stereocenters. The molecule has 5 heteroatoms. The van der Waals surface area contributed by atoms with Crippen LogP contribution < -0.4 is 10.1 Å². The highest BCUT2D eigenvalue weighted by molar-refractivity contribution is 5.88. The molecule has 5 nitrogen and oxygen atoms in total. The monoisotopic (exact) mass is 333 g/mol. The van der Waals surface area contributed by atoms with Crippen LogP contribution in [0.4, 0.5) is 0 Å².